The Morgan fingerprint density at radius 2 is 1.92 bits per heavy atom. The Labute approximate surface area is 228 Å². The third-order valence-electron chi connectivity index (χ3n) is 7.70. The molecule has 212 valence electrons. The Morgan fingerprint density at radius 1 is 1.21 bits per heavy atom. The summed E-state index contributed by atoms with van der Waals surface area (Å²) in [6.07, 6.45) is 1.73. The highest BCUT2D eigenvalue weighted by Crippen LogP contribution is 2.39. The molecule has 3 heterocycles. The van der Waals surface area contributed by atoms with E-state index >= 15 is 0 Å². The number of piperazine rings is 1. The minimum absolute atomic E-state index is 0.0195. The van der Waals surface area contributed by atoms with Crippen molar-refractivity contribution in [1.82, 2.24) is 19.9 Å². The smallest absolute Gasteiger partial charge is 0.337 e. The van der Waals surface area contributed by atoms with Crippen molar-refractivity contribution in [2.75, 3.05) is 36.4 Å². The Balaban J connectivity index is 1.49. The predicted molar refractivity (Wildman–Crippen MR) is 145 cm³/mol. The molecule has 4 rings (SSSR count). The zero-order chi connectivity index (χ0) is 28.7. The minimum atomic E-state index is -2.60. The standard InChI is InChI=1S/C28H38F2N6O3/c1-16(2)23-24(31-13-19-7-8-28(29,30)12-19)32-14-20(34-23)25(37)36-10-9-35(15-27(36,5)6)21-11-17(3)22(26(38)39)18(4)33-21/h11,14,16,19H,7-10,12-13,15H2,1-6H3,(H,31,32)(H,38,39). The first-order chi connectivity index (χ1) is 18.2. The molecule has 1 aliphatic heterocycles. The summed E-state index contributed by atoms with van der Waals surface area (Å²) in [6, 6.07) is 1.78. The van der Waals surface area contributed by atoms with Crippen LogP contribution in [0.25, 0.3) is 0 Å². The van der Waals surface area contributed by atoms with Crippen LogP contribution in [0, 0.1) is 19.8 Å². The van der Waals surface area contributed by atoms with Crippen molar-refractivity contribution in [1.29, 1.82) is 0 Å². The number of nitrogens with zero attached hydrogens (tertiary/aromatic N) is 5. The number of alkyl halides is 2. The van der Waals surface area contributed by atoms with Gasteiger partial charge >= 0.3 is 5.97 Å². The lowest BCUT2D eigenvalue weighted by Gasteiger charge is -2.47. The van der Waals surface area contributed by atoms with Crippen molar-refractivity contribution in [2.45, 2.75) is 78.2 Å². The van der Waals surface area contributed by atoms with Crippen LogP contribution >= 0.6 is 0 Å². The van der Waals surface area contributed by atoms with Crippen molar-refractivity contribution in [2.24, 2.45) is 5.92 Å². The molecule has 9 nitrogen and oxygen atoms in total. The average molecular weight is 545 g/mol. The molecular formula is C28H38F2N6O3. The van der Waals surface area contributed by atoms with Crippen LogP contribution in [-0.2, 0) is 0 Å². The molecule has 1 saturated heterocycles. The van der Waals surface area contributed by atoms with Crippen molar-refractivity contribution in [3.05, 3.63) is 40.5 Å². The number of anilines is 2. The molecule has 2 aromatic rings. The van der Waals surface area contributed by atoms with Crippen LogP contribution in [0.5, 0.6) is 0 Å². The number of nitrogens with one attached hydrogen (secondary N) is 1. The number of carbonyl (C=O) groups is 2. The lowest BCUT2D eigenvalue weighted by atomic mass is 9.97. The van der Waals surface area contributed by atoms with E-state index in [1.54, 1.807) is 24.8 Å². The largest absolute Gasteiger partial charge is 0.478 e. The fourth-order valence-corrected chi connectivity index (χ4v) is 5.66. The van der Waals surface area contributed by atoms with Gasteiger partial charge in [0.05, 0.1) is 28.7 Å². The molecule has 2 N–H and O–H groups in total. The van der Waals surface area contributed by atoms with Crippen LogP contribution in [0.1, 0.15) is 90.7 Å². The topological polar surface area (TPSA) is 112 Å². The molecule has 1 atom stereocenters. The maximum atomic E-state index is 13.6. The Morgan fingerprint density at radius 3 is 2.49 bits per heavy atom. The number of carboxylic acid groups (broad SMARTS) is 1. The van der Waals surface area contributed by atoms with E-state index in [1.807, 2.05) is 27.7 Å². The highest BCUT2D eigenvalue weighted by Gasteiger charge is 2.40. The lowest BCUT2D eigenvalue weighted by Crippen LogP contribution is -2.61. The van der Waals surface area contributed by atoms with Gasteiger partial charge in [0, 0.05) is 39.0 Å². The van der Waals surface area contributed by atoms with Crippen molar-refractivity contribution < 1.29 is 23.5 Å². The fourth-order valence-electron chi connectivity index (χ4n) is 5.66. The van der Waals surface area contributed by atoms with Crippen LogP contribution in [0.2, 0.25) is 0 Å². The number of halogens is 2. The zero-order valence-corrected chi connectivity index (χ0v) is 23.5. The third-order valence-corrected chi connectivity index (χ3v) is 7.70. The number of carbonyl (C=O) groups excluding carboxylic acids is 1. The first-order valence-corrected chi connectivity index (χ1v) is 13.5. The van der Waals surface area contributed by atoms with Crippen LogP contribution < -0.4 is 10.2 Å². The SMILES string of the molecule is Cc1cc(N2CCN(C(=O)c3cnc(NCC4CCC(F)(F)C4)c(C(C)C)n3)C(C)(C)C2)nc(C)c1C(=O)O. The first kappa shape index (κ1) is 28.6. The fraction of sp³-hybridized carbons (Fsp3) is 0.607. The third kappa shape index (κ3) is 6.12. The summed E-state index contributed by atoms with van der Waals surface area (Å²) in [7, 11) is 0. The van der Waals surface area contributed by atoms with Gasteiger partial charge in [-0.25, -0.2) is 28.5 Å². The second-order valence-electron chi connectivity index (χ2n) is 11.7. The van der Waals surface area contributed by atoms with E-state index in [2.05, 4.69) is 25.2 Å². The van der Waals surface area contributed by atoms with Crippen molar-refractivity contribution in [3.8, 4) is 0 Å². The number of carboxylic acids is 1. The number of hydrogen-bond acceptors (Lipinski definition) is 7. The number of aromatic carboxylic acids is 1. The number of aromatic nitrogens is 3. The van der Waals surface area contributed by atoms with Crippen LogP contribution in [0.15, 0.2) is 12.3 Å². The number of aryl methyl sites for hydroxylation is 2. The summed E-state index contributed by atoms with van der Waals surface area (Å²) in [6.45, 7) is 13.2. The van der Waals surface area contributed by atoms with Gasteiger partial charge in [0.25, 0.3) is 5.91 Å². The monoisotopic (exact) mass is 544 g/mol. The molecule has 39 heavy (non-hydrogen) atoms. The van der Waals surface area contributed by atoms with E-state index in [0.717, 1.165) is 0 Å². The van der Waals surface area contributed by atoms with Crippen LogP contribution in [0.3, 0.4) is 0 Å². The summed E-state index contributed by atoms with van der Waals surface area (Å²) in [4.78, 5) is 42.7. The van der Waals surface area contributed by atoms with Gasteiger partial charge in [0.2, 0.25) is 5.92 Å². The Bertz CT molecular complexity index is 1240. The Kier molecular flexibility index (Phi) is 7.82. The summed E-state index contributed by atoms with van der Waals surface area (Å²) in [5, 5.41) is 12.7. The van der Waals surface area contributed by atoms with Crippen LogP contribution in [-0.4, -0.2) is 74.5 Å². The second kappa shape index (κ2) is 10.7. The molecule has 2 aromatic heterocycles. The van der Waals surface area contributed by atoms with E-state index in [1.165, 1.54) is 6.20 Å². The normalized spacial score (nSPS) is 20.4. The maximum absolute atomic E-state index is 13.6. The molecule has 1 aliphatic carbocycles. The number of rotatable bonds is 7. The molecule has 0 radical (unpaired) electrons. The first-order valence-electron chi connectivity index (χ1n) is 13.5. The molecular weight excluding hydrogens is 506 g/mol. The van der Waals surface area contributed by atoms with Gasteiger partial charge in [-0.05, 0) is 57.6 Å². The maximum Gasteiger partial charge on any atom is 0.337 e. The molecule has 1 unspecified atom stereocenters. The van der Waals surface area contributed by atoms with Crippen molar-refractivity contribution >= 4 is 23.5 Å². The predicted octanol–water partition coefficient (Wildman–Crippen LogP) is 4.90. The van der Waals surface area contributed by atoms with Gasteiger partial charge in [-0.1, -0.05) is 13.8 Å². The molecule has 0 spiro atoms. The van der Waals surface area contributed by atoms with E-state index in [-0.39, 0.29) is 41.8 Å². The van der Waals surface area contributed by atoms with Gasteiger partial charge in [-0.3, -0.25) is 4.79 Å². The summed E-state index contributed by atoms with van der Waals surface area (Å²) < 4.78 is 27.2. The molecule has 1 saturated carbocycles. The number of pyridine rings is 1. The molecule has 2 fully saturated rings. The van der Waals surface area contributed by atoms with E-state index < -0.39 is 17.4 Å². The van der Waals surface area contributed by atoms with E-state index in [9.17, 15) is 23.5 Å². The summed E-state index contributed by atoms with van der Waals surface area (Å²) >= 11 is 0. The van der Waals surface area contributed by atoms with Crippen molar-refractivity contribution in [3.63, 3.8) is 0 Å². The van der Waals surface area contributed by atoms with Gasteiger partial charge in [-0.15, -0.1) is 0 Å². The highest BCUT2D eigenvalue weighted by molar-refractivity contribution is 5.93. The van der Waals surface area contributed by atoms with E-state index in [4.69, 9.17) is 0 Å². The molecule has 0 aromatic carbocycles. The quantitative estimate of drug-likeness (QED) is 0.507. The molecule has 1 amide bonds. The molecule has 11 heteroatoms. The second-order valence-corrected chi connectivity index (χ2v) is 11.7. The molecule has 0 bridgehead atoms. The van der Waals surface area contributed by atoms with Gasteiger partial charge in [0.1, 0.15) is 17.3 Å². The minimum Gasteiger partial charge on any atom is -0.478 e. The number of hydrogen-bond donors (Lipinski definition) is 2. The van der Waals surface area contributed by atoms with Gasteiger partial charge in [-0.2, -0.15) is 0 Å². The van der Waals surface area contributed by atoms with E-state index in [0.29, 0.717) is 61.2 Å². The van der Waals surface area contributed by atoms with Gasteiger partial charge < -0.3 is 20.2 Å². The zero-order valence-electron chi connectivity index (χ0n) is 23.5. The highest BCUT2D eigenvalue weighted by atomic mass is 19.3. The van der Waals surface area contributed by atoms with Gasteiger partial charge in [0.15, 0.2) is 0 Å². The lowest BCUT2D eigenvalue weighted by molar-refractivity contribution is 0.00553. The molecule has 2 aliphatic rings. The number of amides is 1. The summed E-state index contributed by atoms with van der Waals surface area (Å²) in [5.74, 6) is -2.74. The Hall–Kier alpha value is -3.37. The van der Waals surface area contributed by atoms with Crippen LogP contribution in [0.4, 0.5) is 20.4 Å². The summed E-state index contributed by atoms with van der Waals surface area (Å²) in [5.41, 5.74) is 1.64. The average Bonchev–Trinajstić information content (AvgIpc) is 3.19.